The van der Waals surface area contributed by atoms with E-state index in [-0.39, 0.29) is 0 Å². The highest BCUT2D eigenvalue weighted by atomic mass is 32.2. The lowest BCUT2D eigenvalue weighted by molar-refractivity contribution is 0.387. The van der Waals surface area contributed by atoms with Crippen molar-refractivity contribution < 1.29 is 8.42 Å². The molecule has 0 aromatic rings. The predicted molar refractivity (Wildman–Crippen MR) is 81.3 cm³/mol. The SMILES string of the molecule is C=CCN(CC=C)S(=O)(=O)N(C)CCCNCCC. The van der Waals surface area contributed by atoms with Gasteiger partial charge in [0, 0.05) is 26.7 Å². The summed E-state index contributed by atoms with van der Waals surface area (Å²) in [4.78, 5) is 0. The summed E-state index contributed by atoms with van der Waals surface area (Å²) in [6.07, 6.45) is 5.04. The van der Waals surface area contributed by atoms with Crippen LogP contribution in [-0.4, -0.2) is 56.8 Å². The molecule has 0 aliphatic carbocycles. The molecule has 0 rings (SSSR count). The van der Waals surface area contributed by atoms with Gasteiger partial charge in [-0.1, -0.05) is 19.1 Å². The Hall–Kier alpha value is -0.690. The number of hydrogen-bond donors (Lipinski definition) is 1. The zero-order valence-electron chi connectivity index (χ0n) is 12.1. The van der Waals surface area contributed by atoms with Gasteiger partial charge in [-0.15, -0.1) is 13.2 Å². The molecule has 0 amide bonds. The first-order valence-electron chi connectivity index (χ1n) is 6.64. The third-order valence-electron chi connectivity index (χ3n) is 2.64. The van der Waals surface area contributed by atoms with E-state index in [1.165, 1.54) is 8.61 Å². The average Bonchev–Trinajstić information content (AvgIpc) is 2.38. The molecule has 0 saturated heterocycles. The Morgan fingerprint density at radius 1 is 1.16 bits per heavy atom. The van der Waals surface area contributed by atoms with E-state index in [4.69, 9.17) is 0 Å². The van der Waals surface area contributed by atoms with Gasteiger partial charge in [-0.05, 0) is 25.9 Å². The molecule has 0 bridgehead atoms. The minimum absolute atomic E-state index is 0.298. The first-order chi connectivity index (χ1) is 9.00. The molecular weight excluding hydrogens is 262 g/mol. The Balaban J connectivity index is 4.34. The van der Waals surface area contributed by atoms with Crippen LogP contribution in [0.15, 0.2) is 25.3 Å². The van der Waals surface area contributed by atoms with E-state index in [9.17, 15) is 8.42 Å². The van der Waals surface area contributed by atoms with Gasteiger partial charge in [0.05, 0.1) is 0 Å². The van der Waals surface area contributed by atoms with Crippen molar-refractivity contribution in [1.29, 1.82) is 0 Å². The van der Waals surface area contributed by atoms with Crippen LogP contribution in [0.5, 0.6) is 0 Å². The van der Waals surface area contributed by atoms with E-state index in [2.05, 4.69) is 25.4 Å². The molecule has 0 radical (unpaired) electrons. The maximum absolute atomic E-state index is 12.3. The lowest BCUT2D eigenvalue weighted by Crippen LogP contribution is -2.42. The molecule has 0 unspecified atom stereocenters. The van der Waals surface area contributed by atoms with Gasteiger partial charge in [0.25, 0.3) is 10.2 Å². The van der Waals surface area contributed by atoms with Gasteiger partial charge < -0.3 is 5.32 Å². The molecule has 0 aromatic heterocycles. The Kier molecular flexibility index (Phi) is 9.77. The van der Waals surface area contributed by atoms with Gasteiger partial charge in [0.15, 0.2) is 0 Å². The third-order valence-corrected chi connectivity index (χ3v) is 4.56. The summed E-state index contributed by atoms with van der Waals surface area (Å²) in [5, 5.41) is 3.25. The third kappa shape index (κ3) is 6.87. The molecule has 0 atom stereocenters. The zero-order chi connectivity index (χ0) is 14.7. The van der Waals surface area contributed by atoms with Crippen molar-refractivity contribution in [3.05, 3.63) is 25.3 Å². The smallest absolute Gasteiger partial charge is 0.282 e. The highest BCUT2D eigenvalue weighted by Gasteiger charge is 2.24. The standard InChI is InChI=1S/C13H27N3O2S/c1-5-9-14-10-8-13-15(4)19(17,18)16(11-6-2)12-7-3/h6-7,14H,2-3,5,8-13H2,1,4H3. The molecule has 0 aromatic carbocycles. The molecular formula is C13H27N3O2S. The first kappa shape index (κ1) is 18.3. The molecule has 0 fully saturated rings. The summed E-state index contributed by atoms with van der Waals surface area (Å²) in [5.41, 5.74) is 0. The molecule has 0 aliphatic rings. The van der Waals surface area contributed by atoms with Gasteiger partial charge in [0.1, 0.15) is 0 Å². The van der Waals surface area contributed by atoms with Crippen LogP contribution in [0, 0.1) is 0 Å². The van der Waals surface area contributed by atoms with Crippen LogP contribution in [0.2, 0.25) is 0 Å². The number of rotatable bonds is 12. The van der Waals surface area contributed by atoms with Crippen molar-refractivity contribution in [2.24, 2.45) is 0 Å². The molecule has 112 valence electrons. The Morgan fingerprint density at radius 3 is 2.21 bits per heavy atom. The highest BCUT2D eigenvalue weighted by molar-refractivity contribution is 7.86. The molecule has 5 nitrogen and oxygen atoms in total. The van der Waals surface area contributed by atoms with Crippen LogP contribution in [-0.2, 0) is 10.2 Å². The fraction of sp³-hybridized carbons (Fsp3) is 0.692. The molecule has 19 heavy (non-hydrogen) atoms. The van der Waals surface area contributed by atoms with Crippen LogP contribution >= 0.6 is 0 Å². The van der Waals surface area contributed by atoms with Crippen LogP contribution in [0.4, 0.5) is 0 Å². The second kappa shape index (κ2) is 10.1. The monoisotopic (exact) mass is 289 g/mol. The summed E-state index contributed by atoms with van der Waals surface area (Å²) >= 11 is 0. The van der Waals surface area contributed by atoms with E-state index in [1.54, 1.807) is 19.2 Å². The zero-order valence-corrected chi connectivity index (χ0v) is 13.0. The fourth-order valence-electron chi connectivity index (χ4n) is 1.59. The fourth-order valence-corrected chi connectivity index (χ4v) is 2.93. The summed E-state index contributed by atoms with van der Waals surface area (Å²) < 4.78 is 27.3. The maximum atomic E-state index is 12.3. The number of nitrogens with one attached hydrogen (secondary N) is 1. The predicted octanol–water partition coefficient (Wildman–Crippen LogP) is 1.23. The Morgan fingerprint density at radius 2 is 1.74 bits per heavy atom. The number of hydrogen-bond acceptors (Lipinski definition) is 3. The van der Waals surface area contributed by atoms with Crippen molar-refractivity contribution >= 4 is 10.2 Å². The largest absolute Gasteiger partial charge is 0.317 e. The van der Waals surface area contributed by atoms with E-state index >= 15 is 0 Å². The molecule has 6 heteroatoms. The average molecular weight is 289 g/mol. The normalized spacial score (nSPS) is 12.0. The first-order valence-corrected chi connectivity index (χ1v) is 8.04. The van der Waals surface area contributed by atoms with Crippen molar-refractivity contribution in [2.75, 3.05) is 39.8 Å². The maximum Gasteiger partial charge on any atom is 0.282 e. The lowest BCUT2D eigenvalue weighted by atomic mass is 10.4. The van der Waals surface area contributed by atoms with Crippen LogP contribution < -0.4 is 5.32 Å². The molecule has 0 heterocycles. The van der Waals surface area contributed by atoms with Crippen molar-refractivity contribution in [3.8, 4) is 0 Å². The van der Waals surface area contributed by atoms with Gasteiger partial charge in [-0.3, -0.25) is 0 Å². The van der Waals surface area contributed by atoms with Crippen LogP contribution in [0.25, 0.3) is 0 Å². The lowest BCUT2D eigenvalue weighted by Gasteiger charge is -2.25. The molecule has 1 N–H and O–H groups in total. The van der Waals surface area contributed by atoms with Gasteiger partial charge >= 0.3 is 0 Å². The number of nitrogens with zero attached hydrogens (tertiary/aromatic N) is 2. The van der Waals surface area contributed by atoms with E-state index in [1.807, 2.05) is 0 Å². The summed E-state index contributed by atoms with van der Waals surface area (Å²) in [7, 11) is -1.82. The molecule has 0 spiro atoms. The van der Waals surface area contributed by atoms with Crippen molar-refractivity contribution in [3.63, 3.8) is 0 Å². The summed E-state index contributed by atoms with van der Waals surface area (Å²) in [5.74, 6) is 0. The van der Waals surface area contributed by atoms with Crippen molar-refractivity contribution in [2.45, 2.75) is 19.8 Å². The summed E-state index contributed by atoms with van der Waals surface area (Å²) in [6.45, 7) is 12.2. The Labute approximate surface area is 118 Å². The van der Waals surface area contributed by atoms with E-state index in [0.717, 1.165) is 25.9 Å². The highest BCUT2D eigenvalue weighted by Crippen LogP contribution is 2.07. The second-order valence-corrected chi connectivity index (χ2v) is 6.36. The molecule has 0 aliphatic heterocycles. The van der Waals surface area contributed by atoms with Gasteiger partial charge in [-0.2, -0.15) is 17.0 Å². The quantitative estimate of drug-likeness (QED) is 0.434. The van der Waals surface area contributed by atoms with Crippen LogP contribution in [0.3, 0.4) is 0 Å². The molecule has 0 saturated carbocycles. The van der Waals surface area contributed by atoms with E-state index < -0.39 is 10.2 Å². The van der Waals surface area contributed by atoms with Gasteiger partial charge in [-0.25, -0.2) is 0 Å². The minimum Gasteiger partial charge on any atom is -0.317 e. The van der Waals surface area contributed by atoms with Crippen molar-refractivity contribution in [1.82, 2.24) is 13.9 Å². The Bertz CT molecular complexity index is 345. The summed E-state index contributed by atoms with van der Waals surface area (Å²) in [6, 6.07) is 0. The topological polar surface area (TPSA) is 52.7 Å². The van der Waals surface area contributed by atoms with E-state index in [0.29, 0.717) is 19.6 Å². The van der Waals surface area contributed by atoms with Gasteiger partial charge in [0.2, 0.25) is 0 Å². The second-order valence-electron chi connectivity index (χ2n) is 4.33. The van der Waals surface area contributed by atoms with Crippen LogP contribution in [0.1, 0.15) is 19.8 Å². The minimum atomic E-state index is -3.42.